The molecule has 0 radical (unpaired) electrons. The van der Waals surface area contributed by atoms with Gasteiger partial charge in [0.2, 0.25) is 5.91 Å². The number of alkyl halides is 3. The number of carbonyl (C=O) groups is 1. The first-order valence-electron chi connectivity index (χ1n) is 12.2. The summed E-state index contributed by atoms with van der Waals surface area (Å²) in [4.78, 5) is 17.7. The Labute approximate surface area is 190 Å². The standard InChI is InChI=1S/C25H34F3N2OP/c1-16(2)22-15-32-14-21(11-19-7-10-23(31)30(22)24(19)32)29(12-17-3-4-17)13-18-5-8-20(9-6-18)25(26,27)28/h5-6,8-9,16-17,19,21-22,24H,3-4,7,10-15H2,1-2H3/t19-,21?,22?,24+,32?/m1/s1. The van der Waals surface area contributed by atoms with Gasteiger partial charge in [0.05, 0.1) is 11.3 Å². The predicted octanol–water partition coefficient (Wildman–Crippen LogP) is 5.77. The van der Waals surface area contributed by atoms with E-state index in [0.717, 1.165) is 37.4 Å². The molecule has 3 unspecified atom stereocenters. The normalized spacial score (nSPS) is 32.7. The van der Waals surface area contributed by atoms with Crippen LogP contribution in [0, 0.1) is 17.8 Å². The number of piperidine rings is 1. The van der Waals surface area contributed by atoms with E-state index in [2.05, 4.69) is 23.6 Å². The molecule has 5 atom stereocenters. The lowest BCUT2D eigenvalue weighted by Crippen LogP contribution is -2.53. The van der Waals surface area contributed by atoms with Crippen LogP contribution in [0.25, 0.3) is 0 Å². The van der Waals surface area contributed by atoms with E-state index in [1.807, 2.05) is 0 Å². The summed E-state index contributed by atoms with van der Waals surface area (Å²) in [5.74, 6) is 2.68. The number of hydrogen-bond donors (Lipinski definition) is 0. The Morgan fingerprint density at radius 2 is 1.84 bits per heavy atom. The molecular weight excluding hydrogens is 432 g/mol. The summed E-state index contributed by atoms with van der Waals surface area (Å²) in [7, 11) is -0.208. The molecule has 3 aliphatic heterocycles. The monoisotopic (exact) mass is 466 g/mol. The highest BCUT2D eigenvalue weighted by Gasteiger charge is 2.53. The van der Waals surface area contributed by atoms with Gasteiger partial charge >= 0.3 is 6.18 Å². The summed E-state index contributed by atoms with van der Waals surface area (Å²) < 4.78 is 38.9. The molecule has 32 heavy (non-hydrogen) atoms. The van der Waals surface area contributed by atoms with Gasteiger partial charge in [-0.3, -0.25) is 9.69 Å². The highest BCUT2D eigenvalue weighted by atomic mass is 31.1. The Balaban J connectivity index is 1.34. The molecule has 1 aromatic rings. The van der Waals surface area contributed by atoms with Crippen molar-refractivity contribution in [1.29, 1.82) is 0 Å². The molecule has 176 valence electrons. The average Bonchev–Trinajstić information content (AvgIpc) is 3.47. The fraction of sp³-hybridized carbons (Fsp3) is 0.720. The van der Waals surface area contributed by atoms with Crippen molar-refractivity contribution in [2.75, 3.05) is 18.9 Å². The van der Waals surface area contributed by atoms with Crippen molar-refractivity contribution >= 4 is 13.8 Å². The molecule has 0 aromatic heterocycles. The van der Waals surface area contributed by atoms with E-state index < -0.39 is 11.7 Å². The first-order valence-corrected chi connectivity index (χ1v) is 13.9. The summed E-state index contributed by atoms with van der Waals surface area (Å²) in [6.07, 6.45) is 3.44. The van der Waals surface area contributed by atoms with Gasteiger partial charge in [-0.2, -0.15) is 13.2 Å². The minimum absolute atomic E-state index is 0.208. The van der Waals surface area contributed by atoms with Crippen molar-refractivity contribution in [2.24, 2.45) is 17.8 Å². The van der Waals surface area contributed by atoms with Crippen LogP contribution < -0.4 is 0 Å². The van der Waals surface area contributed by atoms with Gasteiger partial charge in [0.25, 0.3) is 0 Å². The topological polar surface area (TPSA) is 23.6 Å². The molecule has 0 N–H and O–H groups in total. The van der Waals surface area contributed by atoms with Crippen molar-refractivity contribution in [1.82, 2.24) is 9.80 Å². The molecule has 3 heterocycles. The largest absolute Gasteiger partial charge is 0.416 e. The third kappa shape index (κ3) is 4.46. The summed E-state index contributed by atoms with van der Waals surface area (Å²) in [6.45, 7) is 6.28. The molecule has 5 rings (SSSR count). The molecule has 3 saturated heterocycles. The number of amides is 1. The van der Waals surface area contributed by atoms with Crippen molar-refractivity contribution in [3.05, 3.63) is 35.4 Å². The molecule has 4 fully saturated rings. The van der Waals surface area contributed by atoms with Crippen molar-refractivity contribution in [2.45, 2.75) is 76.5 Å². The maximum atomic E-state index is 13.0. The van der Waals surface area contributed by atoms with Crippen molar-refractivity contribution < 1.29 is 18.0 Å². The molecule has 1 aromatic carbocycles. The Bertz CT molecular complexity index is 839. The van der Waals surface area contributed by atoms with Gasteiger partial charge in [-0.15, -0.1) is 0 Å². The second kappa shape index (κ2) is 8.58. The van der Waals surface area contributed by atoms with E-state index in [9.17, 15) is 18.0 Å². The zero-order chi connectivity index (χ0) is 22.6. The van der Waals surface area contributed by atoms with Crippen molar-refractivity contribution in [3.63, 3.8) is 0 Å². The van der Waals surface area contributed by atoms with Crippen LogP contribution in [-0.2, 0) is 17.5 Å². The number of halogens is 3. The van der Waals surface area contributed by atoms with Crippen LogP contribution in [-0.4, -0.2) is 52.4 Å². The SMILES string of the molecule is CC(C)C1CP2CC(N(Cc3ccc(C(F)(F)F)cc3)CC3CC3)C[C@H]3CCC(=O)N1[C@H]32. The smallest absolute Gasteiger partial charge is 0.332 e. The summed E-state index contributed by atoms with van der Waals surface area (Å²) >= 11 is 0. The number of carbonyl (C=O) groups excluding carboxylic acids is 1. The molecule has 1 aliphatic carbocycles. The fourth-order valence-electron chi connectivity index (χ4n) is 6.17. The van der Waals surface area contributed by atoms with Gasteiger partial charge in [0.15, 0.2) is 0 Å². The molecule has 1 amide bonds. The highest BCUT2D eigenvalue weighted by molar-refractivity contribution is 7.59. The Kier molecular flexibility index (Phi) is 6.07. The summed E-state index contributed by atoms with van der Waals surface area (Å²) in [5.41, 5.74) is 0.400. The number of nitrogens with zero attached hydrogens (tertiary/aromatic N) is 2. The molecule has 0 bridgehead atoms. The zero-order valence-electron chi connectivity index (χ0n) is 19.0. The average molecular weight is 467 g/mol. The van der Waals surface area contributed by atoms with Crippen LogP contribution in [0.15, 0.2) is 24.3 Å². The molecule has 0 spiro atoms. The highest BCUT2D eigenvalue weighted by Crippen LogP contribution is 2.61. The fourth-order valence-corrected chi connectivity index (χ4v) is 10.3. The molecule has 3 nitrogen and oxygen atoms in total. The lowest BCUT2D eigenvalue weighted by atomic mass is 9.88. The molecule has 1 saturated carbocycles. The van der Waals surface area contributed by atoms with Crippen LogP contribution in [0.2, 0.25) is 0 Å². The summed E-state index contributed by atoms with van der Waals surface area (Å²) in [6, 6.07) is 6.65. The van der Waals surface area contributed by atoms with E-state index in [1.54, 1.807) is 12.1 Å². The van der Waals surface area contributed by atoms with Gasteiger partial charge < -0.3 is 4.90 Å². The summed E-state index contributed by atoms with van der Waals surface area (Å²) in [5, 5.41) is 0. The van der Waals surface area contributed by atoms with Crippen LogP contribution in [0.5, 0.6) is 0 Å². The Hall–Kier alpha value is -1.13. The Morgan fingerprint density at radius 1 is 1.12 bits per heavy atom. The van der Waals surface area contributed by atoms with Gasteiger partial charge in [-0.25, -0.2) is 0 Å². The second-order valence-electron chi connectivity index (χ2n) is 10.7. The predicted molar refractivity (Wildman–Crippen MR) is 122 cm³/mol. The van der Waals surface area contributed by atoms with E-state index in [1.165, 1.54) is 37.3 Å². The van der Waals surface area contributed by atoms with Crippen LogP contribution in [0.1, 0.15) is 57.1 Å². The minimum atomic E-state index is -4.28. The van der Waals surface area contributed by atoms with Crippen molar-refractivity contribution in [3.8, 4) is 0 Å². The van der Waals surface area contributed by atoms with E-state index in [0.29, 0.717) is 42.0 Å². The number of rotatable bonds is 6. The van der Waals surface area contributed by atoms with Crippen LogP contribution in [0.3, 0.4) is 0 Å². The molecule has 4 aliphatic rings. The number of hydrogen-bond acceptors (Lipinski definition) is 2. The number of benzene rings is 1. The molecule has 7 heteroatoms. The van der Waals surface area contributed by atoms with Gasteiger partial charge in [0.1, 0.15) is 0 Å². The van der Waals surface area contributed by atoms with E-state index >= 15 is 0 Å². The minimum Gasteiger partial charge on any atom is -0.332 e. The third-order valence-corrected chi connectivity index (χ3v) is 11.2. The maximum Gasteiger partial charge on any atom is 0.416 e. The zero-order valence-corrected chi connectivity index (χ0v) is 19.9. The Morgan fingerprint density at radius 3 is 2.47 bits per heavy atom. The first-order chi connectivity index (χ1) is 15.2. The van der Waals surface area contributed by atoms with Crippen LogP contribution in [0.4, 0.5) is 13.2 Å². The second-order valence-corrected chi connectivity index (χ2v) is 13.2. The van der Waals surface area contributed by atoms with E-state index in [4.69, 9.17) is 0 Å². The lowest BCUT2D eigenvalue weighted by Gasteiger charge is -2.48. The van der Waals surface area contributed by atoms with E-state index in [-0.39, 0.29) is 7.92 Å². The van der Waals surface area contributed by atoms with Gasteiger partial charge in [0, 0.05) is 31.6 Å². The maximum absolute atomic E-state index is 13.0. The van der Waals surface area contributed by atoms with Crippen LogP contribution >= 0.6 is 7.92 Å². The lowest BCUT2D eigenvalue weighted by molar-refractivity contribution is -0.139. The first kappa shape index (κ1) is 22.7. The van der Waals surface area contributed by atoms with Gasteiger partial charge in [-0.1, -0.05) is 33.9 Å². The third-order valence-electron chi connectivity index (χ3n) is 8.04. The quantitative estimate of drug-likeness (QED) is 0.497. The van der Waals surface area contributed by atoms with Gasteiger partial charge in [-0.05, 0) is 73.5 Å². The molecular formula is C25H34F3N2OP.